The Balaban J connectivity index is 0.000000334. The van der Waals surface area contributed by atoms with Gasteiger partial charge in [0.05, 0.1) is 25.3 Å². The Labute approximate surface area is 198 Å². The molecule has 10 nitrogen and oxygen atoms in total. The van der Waals surface area contributed by atoms with Gasteiger partial charge in [-0.3, -0.25) is 4.90 Å². The molecule has 1 fully saturated rings. The highest BCUT2D eigenvalue weighted by Gasteiger charge is 2.15. The maximum absolute atomic E-state index is 11.3. The summed E-state index contributed by atoms with van der Waals surface area (Å²) >= 11 is -2.00. The van der Waals surface area contributed by atoms with Gasteiger partial charge >= 0.3 is 6.09 Å². The van der Waals surface area contributed by atoms with E-state index in [1.807, 2.05) is 20.8 Å². The van der Waals surface area contributed by atoms with Gasteiger partial charge in [-0.25, -0.2) is 14.0 Å². The van der Waals surface area contributed by atoms with Crippen LogP contribution in [-0.4, -0.2) is 83.5 Å². The van der Waals surface area contributed by atoms with Crippen LogP contribution in [0, 0.1) is 0 Å². The number of pyridine rings is 1. The average Bonchev–Trinajstić information content (AvgIpc) is 2.78. The zero-order valence-corrected chi connectivity index (χ0v) is 20.4. The fourth-order valence-corrected chi connectivity index (χ4v) is 3.60. The lowest BCUT2D eigenvalue weighted by Gasteiger charge is -2.26. The minimum absolute atomic E-state index is 0. The molecule has 0 spiro atoms. The van der Waals surface area contributed by atoms with E-state index >= 15 is 0 Å². The van der Waals surface area contributed by atoms with Crippen molar-refractivity contribution in [2.45, 2.75) is 31.3 Å². The molecule has 2 heterocycles. The van der Waals surface area contributed by atoms with E-state index < -0.39 is 22.8 Å². The van der Waals surface area contributed by atoms with Crippen LogP contribution in [0.5, 0.6) is 5.88 Å². The van der Waals surface area contributed by atoms with Gasteiger partial charge in [-0.2, -0.15) is 0 Å². The zero-order chi connectivity index (χ0) is 24.3. The normalized spacial score (nSPS) is 15.3. The van der Waals surface area contributed by atoms with E-state index in [-0.39, 0.29) is 1.43 Å². The van der Waals surface area contributed by atoms with Gasteiger partial charge < -0.3 is 29.4 Å². The number of hydrogen-bond acceptors (Lipinski definition) is 8. The summed E-state index contributed by atoms with van der Waals surface area (Å²) in [5, 5.41) is 7.36. The molecular weight excluding hydrogens is 448 g/mol. The van der Waals surface area contributed by atoms with Crippen LogP contribution >= 0.6 is 0 Å². The third kappa shape index (κ3) is 9.60. The molecule has 1 aliphatic rings. The van der Waals surface area contributed by atoms with Gasteiger partial charge in [0.25, 0.3) is 0 Å². The summed E-state index contributed by atoms with van der Waals surface area (Å²) in [5.41, 5.74) is -0.453. The molecule has 0 aliphatic carbocycles. The summed E-state index contributed by atoms with van der Waals surface area (Å²) < 4.78 is 35.8. The number of hydrogen-bond donors (Lipinski definition) is 3. The number of ether oxygens (including phenoxy) is 3. The van der Waals surface area contributed by atoms with Crippen LogP contribution in [0.2, 0.25) is 0 Å². The van der Waals surface area contributed by atoms with Crippen LogP contribution in [0.25, 0.3) is 10.8 Å². The average molecular weight is 485 g/mol. The molecule has 1 unspecified atom stereocenters. The van der Waals surface area contributed by atoms with Crippen LogP contribution in [-0.2, 0) is 20.6 Å². The number of rotatable bonds is 7. The Bertz CT molecular complexity index is 922. The first kappa shape index (κ1) is 26.9. The largest absolute Gasteiger partial charge is 0.481 e. The lowest BCUT2D eigenvalue weighted by Crippen LogP contribution is -2.44. The summed E-state index contributed by atoms with van der Waals surface area (Å²) in [4.78, 5) is 17.9. The highest BCUT2D eigenvalue weighted by Crippen LogP contribution is 2.26. The van der Waals surface area contributed by atoms with E-state index in [1.165, 1.54) is 7.11 Å². The number of methoxy groups -OCH3 is 1. The molecule has 1 amide bonds. The fraction of sp³-hybridized carbons (Fsp3) is 0.545. The number of fused-ring (bicyclic) bond motifs is 1. The highest BCUT2D eigenvalue weighted by atomic mass is 32.2. The van der Waals surface area contributed by atoms with Gasteiger partial charge in [-0.05, 0) is 39.0 Å². The molecule has 1 aromatic carbocycles. The number of nitrogens with one attached hydrogen (secondary N) is 2. The van der Waals surface area contributed by atoms with Crippen molar-refractivity contribution in [3.05, 3.63) is 30.5 Å². The van der Waals surface area contributed by atoms with Crippen LogP contribution in [0.4, 0.5) is 4.79 Å². The van der Waals surface area contributed by atoms with E-state index in [2.05, 4.69) is 20.5 Å². The number of piperazine rings is 1. The van der Waals surface area contributed by atoms with Crippen molar-refractivity contribution in [2.24, 2.45) is 0 Å². The number of carbonyl (C=O) groups is 1. The first-order chi connectivity index (χ1) is 15.7. The highest BCUT2D eigenvalue weighted by molar-refractivity contribution is 7.79. The van der Waals surface area contributed by atoms with Crippen molar-refractivity contribution in [2.75, 3.05) is 53.2 Å². The molecule has 2 aromatic rings. The van der Waals surface area contributed by atoms with Gasteiger partial charge in [-0.1, -0.05) is 6.07 Å². The second kappa shape index (κ2) is 13.4. The quantitative estimate of drug-likeness (QED) is 0.402. The summed E-state index contributed by atoms with van der Waals surface area (Å²) in [6, 6.07) is 6.81. The SMILES string of the molecule is CC(C)(C)OC(=O)NCCOCN1CCNCC1.COc1nccc2c(S(=O)O)cccc12.[HH]. The van der Waals surface area contributed by atoms with Crippen molar-refractivity contribution >= 4 is 27.9 Å². The summed E-state index contributed by atoms with van der Waals surface area (Å²) in [6.45, 7) is 11.2. The first-order valence-corrected chi connectivity index (χ1v) is 11.8. The molecule has 0 bridgehead atoms. The third-order valence-corrected chi connectivity index (χ3v) is 5.24. The van der Waals surface area contributed by atoms with E-state index in [0.29, 0.717) is 36.0 Å². The molecule has 3 N–H and O–H groups in total. The monoisotopic (exact) mass is 484 g/mol. The van der Waals surface area contributed by atoms with E-state index in [0.717, 1.165) is 31.6 Å². The van der Waals surface area contributed by atoms with Crippen molar-refractivity contribution in [1.29, 1.82) is 0 Å². The number of aromatic nitrogens is 1. The lowest BCUT2D eigenvalue weighted by atomic mass is 10.2. The summed E-state index contributed by atoms with van der Waals surface area (Å²) in [6.07, 6.45) is 1.16. The molecule has 186 valence electrons. The predicted octanol–water partition coefficient (Wildman–Crippen LogP) is 2.46. The Hall–Kier alpha value is -2.31. The molecular formula is C22H36N4O6S. The Morgan fingerprint density at radius 2 is 2.00 bits per heavy atom. The Kier molecular flexibility index (Phi) is 10.9. The molecule has 33 heavy (non-hydrogen) atoms. The number of amides is 1. The van der Waals surface area contributed by atoms with Gasteiger partial charge in [0.2, 0.25) is 5.88 Å². The standard InChI is InChI=1S/C12H25N3O3.C10H9NO3S.H2/c1-12(2,3)18-11(16)14-6-9-17-10-15-7-4-13-5-8-15;1-14-10-8-3-2-4-9(15(12)13)7(8)5-6-11-10;/h13H,4-10H2,1-3H3,(H,14,16);2-6H,1H3,(H,12,13);1H. The second-order valence-electron chi connectivity index (χ2n) is 8.25. The first-order valence-electron chi connectivity index (χ1n) is 10.7. The van der Waals surface area contributed by atoms with Crippen LogP contribution in [0.1, 0.15) is 22.2 Å². The summed E-state index contributed by atoms with van der Waals surface area (Å²) in [5.74, 6) is 0.458. The van der Waals surface area contributed by atoms with Crippen molar-refractivity contribution in [3.63, 3.8) is 0 Å². The van der Waals surface area contributed by atoms with Crippen molar-refractivity contribution in [1.82, 2.24) is 20.5 Å². The minimum atomic E-state index is -2.00. The zero-order valence-electron chi connectivity index (χ0n) is 19.6. The van der Waals surface area contributed by atoms with E-state index in [9.17, 15) is 9.00 Å². The predicted molar refractivity (Wildman–Crippen MR) is 129 cm³/mol. The maximum atomic E-state index is 11.3. The van der Waals surface area contributed by atoms with Gasteiger partial charge in [0, 0.05) is 51.1 Å². The smallest absolute Gasteiger partial charge is 0.407 e. The number of benzene rings is 1. The molecule has 11 heteroatoms. The van der Waals surface area contributed by atoms with Gasteiger partial charge in [0.1, 0.15) is 5.60 Å². The fourth-order valence-electron chi connectivity index (χ4n) is 3.04. The van der Waals surface area contributed by atoms with Gasteiger partial charge in [-0.15, -0.1) is 0 Å². The third-order valence-electron chi connectivity index (χ3n) is 4.51. The second-order valence-corrected chi connectivity index (χ2v) is 9.19. The minimum Gasteiger partial charge on any atom is -0.481 e. The molecule has 1 saturated heterocycles. The molecule has 0 radical (unpaired) electrons. The maximum Gasteiger partial charge on any atom is 0.407 e. The Morgan fingerprint density at radius 1 is 1.27 bits per heavy atom. The number of carbonyl (C=O) groups excluding carboxylic acids is 1. The number of nitrogens with zero attached hydrogens (tertiary/aromatic N) is 2. The Morgan fingerprint density at radius 3 is 2.64 bits per heavy atom. The molecule has 3 rings (SSSR count). The lowest BCUT2D eigenvalue weighted by molar-refractivity contribution is 0.0202. The topological polar surface area (TPSA) is 122 Å². The van der Waals surface area contributed by atoms with Crippen LogP contribution in [0.15, 0.2) is 35.4 Å². The molecule has 1 aliphatic heterocycles. The van der Waals surface area contributed by atoms with E-state index in [1.54, 1.807) is 30.5 Å². The number of alkyl carbamates (subject to hydrolysis) is 1. The van der Waals surface area contributed by atoms with Crippen LogP contribution < -0.4 is 15.4 Å². The molecule has 0 saturated carbocycles. The molecule has 1 aromatic heterocycles. The van der Waals surface area contributed by atoms with E-state index in [4.69, 9.17) is 18.8 Å². The van der Waals surface area contributed by atoms with Gasteiger partial charge in [0.15, 0.2) is 11.1 Å². The van der Waals surface area contributed by atoms with Crippen molar-refractivity contribution < 1.29 is 29.2 Å². The van der Waals surface area contributed by atoms with Crippen molar-refractivity contribution in [3.8, 4) is 5.88 Å². The summed E-state index contributed by atoms with van der Waals surface area (Å²) in [7, 11) is 1.52. The molecule has 1 atom stereocenters. The van der Waals surface area contributed by atoms with Crippen LogP contribution in [0.3, 0.4) is 0 Å².